The van der Waals surface area contributed by atoms with E-state index in [2.05, 4.69) is 11.2 Å². The minimum atomic E-state index is -0.0276. The zero-order valence-electron chi connectivity index (χ0n) is 10.5. The van der Waals surface area contributed by atoms with Crippen molar-refractivity contribution < 1.29 is 9.90 Å². The van der Waals surface area contributed by atoms with Crippen molar-refractivity contribution in [2.75, 3.05) is 19.3 Å². The highest BCUT2D eigenvalue weighted by Gasteiger charge is 2.21. The summed E-state index contributed by atoms with van der Waals surface area (Å²) >= 11 is 1.88. The topological polar surface area (TPSA) is 53.4 Å². The normalized spacial score (nSPS) is 20.5. The van der Waals surface area contributed by atoms with Gasteiger partial charge in [0.05, 0.1) is 11.8 Å². The number of hydrogen-bond acceptors (Lipinski definition) is 4. The number of carbonyl (C=O) groups excluding carboxylic acids is 1. The van der Waals surface area contributed by atoms with E-state index in [0.29, 0.717) is 10.8 Å². The van der Waals surface area contributed by atoms with Gasteiger partial charge in [-0.25, -0.2) is 0 Å². The number of aromatic hydroxyl groups is 1. The number of nitrogens with zero attached hydrogens (tertiary/aromatic N) is 2. The lowest BCUT2D eigenvalue weighted by molar-refractivity contribution is 0.0761. The van der Waals surface area contributed by atoms with Crippen LogP contribution in [0.1, 0.15) is 29.6 Å². The molecule has 0 spiro atoms. The molecule has 5 heteroatoms. The first kappa shape index (κ1) is 13.2. The van der Waals surface area contributed by atoms with Crippen molar-refractivity contribution in [2.45, 2.75) is 24.5 Å². The van der Waals surface area contributed by atoms with Crippen molar-refractivity contribution in [1.82, 2.24) is 9.88 Å². The molecule has 1 fully saturated rings. The van der Waals surface area contributed by atoms with E-state index >= 15 is 0 Å². The van der Waals surface area contributed by atoms with Crippen LogP contribution in [0.4, 0.5) is 0 Å². The lowest BCUT2D eigenvalue weighted by atomic mass is 10.2. The average molecular weight is 266 g/mol. The molecule has 4 nitrogen and oxygen atoms in total. The Morgan fingerprint density at radius 3 is 3.00 bits per heavy atom. The van der Waals surface area contributed by atoms with Crippen molar-refractivity contribution in [1.29, 1.82) is 0 Å². The minimum absolute atomic E-state index is 0.0276. The number of aromatic nitrogens is 1. The van der Waals surface area contributed by atoms with Crippen LogP contribution in [-0.4, -0.2) is 45.5 Å². The van der Waals surface area contributed by atoms with Gasteiger partial charge in [0, 0.05) is 24.5 Å². The summed E-state index contributed by atoms with van der Waals surface area (Å²) in [6.45, 7) is 1.59. The van der Waals surface area contributed by atoms with Crippen molar-refractivity contribution in [3.63, 3.8) is 0 Å². The average Bonchev–Trinajstić information content (AvgIpc) is 2.63. The zero-order valence-corrected chi connectivity index (χ0v) is 11.3. The molecule has 0 aliphatic carbocycles. The molecule has 1 N–H and O–H groups in total. The fourth-order valence-electron chi connectivity index (χ4n) is 2.23. The number of likely N-dealkylation sites (tertiary alicyclic amines) is 1. The second kappa shape index (κ2) is 6.09. The van der Waals surface area contributed by atoms with Gasteiger partial charge in [0.2, 0.25) is 0 Å². The monoisotopic (exact) mass is 266 g/mol. The van der Waals surface area contributed by atoms with E-state index in [4.69, 9.17) is 0 Å². The summed E-state index contributed by atoms with van der Waals surface area (Å²) in [5.74, 6) is 0.0119. The molecule has 1 aromatic heterocycles. The van der Waals surface area contributed by atoms with E-state index in [1.807, 2.05) is 16.7 Å². The van der Waals surface area contributed by atoms with Gasteiger partial charge in [0.15, 0.2) is 0 Å². The fraction of sp³-hybridized carbons (Fsp3) is 0.538. The summed E-state index contributed by atoms with van der Waals surface area (Å²) in [5, 5.41) is 10.0. The molecule has 18 heavy (non-hydrogen) atoms. The van der Waals surface area contributed by atoms with Crippen molar-refractivity contribution in [3.05, 3.63) is 24.0 Å². The third kappa shape index (κ3) is 3.16. The maximum atomic E-state index is 12.3. The maximum absolute atomic E-state index is 12.3. The van der Waals surface area contributed by atoms with E-state index in [9.17, 15) is 9.90 Å². The van der Waals surface area contributed by atoms with Crippen LogP contribution in [0.25, 0.3) is 0 Å². The van der Waals surface area contributed by atoms with E-state index in [1.165, 1.54) is 24.9 Å². The summed E-state index contributed by atoms with van der Waals surface area (Å²) < 4.78 is 0. The molecule has 1 unspecified atom stereocenters. The quantitative estimate of drug-likeness (QED) is 0.891. The molecule has 2 rings (SSSR count). The van der Waals surface area contributed by atoms with Gasteiger partial charge < -0.3 is 10.0 Å². The van der Waals surface area contributed by atoms with Crippen molar-refractivity contribution in [2.24, 2.45) is 0 Å². The number of rotatable bonds is 2. The van der Waals surface area contributed by atoms with Gasteiger partial charge in [0.1, 0.15) is 5.75 Å². The molecule has 1 atom stereocenters. The van der Waals surface area contributed by atoms with E-state index in [0.717, 1.165) is 25.9 Å². The summed E-state index contributed by atoms with van der Waals surface area (Å²) in [4.78, 5) is 18.0. The van der Waals surface area contributed by atoms with Gasteiger partial charge in [-0.05, 0) is 31.6 Å². The molecule has 1 saturated heterocycles. The number of pyridine rings is 1. The van der Waals surface area contributed by atoms with Gasteiger partial charge >= 0.3 is 0 Å². The molecule has 0 radical (unpaired) electrons. The van der Waals surface area contributed by atoms with E-state index in [1.54, 1.807) is 0 Å². The van der Waals surface area contributed by atoms with Crippen LogP contribution >= 0.6 is 11.8 Å². The first-order valence-corrected chi connectivity index (χ1v) is 7.45. The highest BCUT2D eigenvalue weighted by atomic mass is 32.2. The largest absolute Gasteiger partial charge is 0.506 e. The summed E-state index contributed by atoms with van der Waals surface area (Å²) in [6, 6.07) is 1.48. The standard InChI is InChI=1S/C13H18N2O2S/c1-18-12-3-2-5-15(6-4-12)13(17)10-7-11(16)9-14-8-10/h7-9,12,16H,2-6H2,1H3. The smallest absolute Gasteiger partial charge is 0.255 e. The predicted octanol–water partition coefficient (Wildman–Crippen LogP) is 2.14. The highest BCUT2D eigenvalue weighted by molar-refractivity contribution is 7.99. The third-order valence-electron chi connectivity index (χ3n) is 3.27. The Morgan fingerprint density at radius 1 is 1.44 bits per heavy atom. The lowest BCUT2D eigenvalue weighted by Gasteiger charge is -2.20. The molecule has 0 aromatic carbocycles. The van der Waals surface area contributed by atoms with Crippen LogP contribution in [0, 0.1) is 0 Å². The predicted molar refractivity (Wildman–Crippen MR) is 73.0 cm³/mol. The molecule has 1 aliphatic rings. The first-order valence-electron chi connectivity index (χ1n) is 6.17. The maximum Gasteiger partial charge on any atom is 0.255 e. The van der Waals surface area contributed by atoms with E-state index in [-0.39, 0.29) is 11.7 Å². The van der Waals surface area contributed by atoms with Crippen molar-refractivity contribution >= 4 is 17.7 Å². The highest BCUT2D eigenvalue weighted by Crippen LogP contribution is 2.22. The van der Waals surface area contributed by atoms with Crippen molar-refractivity contribution in [3.8, 4) is 5.75 Å². The van der Waals surface area contributed by atoms with Gasteiger partial charge in [-0.3, -0.25) is 9.78 Å². The van der Waals surface area contributed by atoms with Gasteiger partial charge in [0.25, 0.3) is 5.91 Å². The third-order valence-corrected chi connectivity index (χ3v) is 4.40. The van der Waals surface area contributed by atoms with Gasteiger partial charge in [-0.15, -0.1) is 0 Å². The van der Waals surface area contributed by atoms with Gasteiger partial charge in [-0.2, -0.15) is 11.8 Å². The Morgan fingerprint density at radius 2 is 2.28 bits per heavy atom. The molecule has 98 valence electrons. The Hall–Kier alpha value is -1.23. The van der Waals surface area contributed by atoms with E-state index < -0.39 is 0 Å². The minimum Gasteiger partial charge on any atom is -0.506 e. The van der Waals surface area contributed by atoms with Crippen LogP contribution in [-0.2, 0) is 0 Å². The Bertz CT molecular complexity index is 425. The second-order valence-corrected chi connectivity index (χ2v) is 5.65. The molecule has 0 saturated carbocycles. The van der Waals surface area contributed by atoms with Crippen LogP contribution in [0.2, 0.25) is 0 Å². The Kier molecular flexibility index (Phi) is 4.47. The first-order chi connectivity index (χ1) is 8.70. The number of carbonyl (C=O) groups is 1. The second-order valence-electron chi connectivity index (χ2n) is 4.51. The van der Waals surface area contributed by atoms with Crippen LogP contribution < -0.4 is 0 Å². The summed E-state index contributed by atoms with van der Waals surface area (Å²) in [7, 11) is 0. The molecular formula is C13H18N2O2S. The van der Waals surface area contributed by atoms with Gasteiger partial charge in [-0.1, -0.05) is 0 Å². The Labute approximate surface area is 111 Å². The van der Waals surface area contributed by atoms with Crippen LogP contribution in [0.5, 0.6) is 5.75 Å². The fourth-order valence-corrected chi connectivity index (χ4v) is 2.98. The number of hydrogen-bond donors (Lipinski definition) is 1. The number of amides is 1. The number of thioether (sulfide) groups is 1. The summed E-state index contributed by atoms with van der Waals surface area (Å²) in [6.07, 6.45) is 8.23. The molecule has 0 bridgehead atoms. The molecule has 1 amide bonds. The van der Waals surface area contributed by atoms with Crippen LogP contribution in [0.3, 0.4) is 0 Å². The molecular weight excluding hydrogens is 248 g/mol. The SMILES string of the molecule is CSC1CCCN(C(=O)c2cncc(O)c2)CC1. The lowest BCUT2D eigenvalue weighted by Crippen LogP contribution is -2.32. The zero-order chi connectivity index (χ0) is 13.0. The molecule has 2 heterocycles. The summed E-state index contributed by atoms with van der Waals surface area (Å²) in [5.41, 5.74) is 0.470. The molecule has 1 aromatic rings. The van der Waals surface area contributed by atoms with Crippen LogP contribution in [0.15, 0.2) is 18.5 Å². The molecule has 1 aliphatic heterocycles. The Balaban J connectivity index is 2.05.